The van der Waals surface area contributed by atoms with Crippen molar-refractivity contribution in [2.24, 2.45) is 11.8 Å². The summed E-state index contributed by atoms with van der Waals surface area (Å²) < 4.78 is 5.67. The lowest BCUT2D eigenvalue weighted by atomic mass is 9.92. The number of ketones is 1. The van der Waals surface area contributed by atoms with E-state index < -0.39 is 0 Å². The van der Waals surface area contributed by atoms with Crippen molar-refractivity contribution in [3.63, 3.8) is 0 Å². The first kappa shape index (κ1) is 10.5. The number of carbonyl (C=O) groups is 1. The van der Waals surface area contributed by atoms with Crippen molar-refractivity contribution < 1.29 is 9.53 Å². The average molecular weight is 182 g/mol. The molecule has 1 fully saturated rings. The Morgan fingerprint density at radius 2 is 2.31 bits per heavy atom. The lowest BCUT2D eigenvalue weighted by Crippen LogP contribution is -2.23. The van der Waals surface area contributed by atoms with Crippen LogP contribution in [0.5, 0.6) is 0 Å². The average Bonchev–Trinajstić information content (AvgIpc) is 2.46. The Balaban J connectivity index is 2.60. The van der Waals surface area contributed by atoms with E-state index in [0.717, 1.165) is 6.42 Å². The zero-order chi connectivity index (χ0) is 10.0. The van der Waals surface area contributed by atoms with Crippen molar-refractivity contribution in [1.29, 1.82) is 0 Å². The predicted octanol–water partition coefficient (Wildman–Crippen LogP) is 2.19. The first-order valence-electron chi connectivity index (χ1n) is 4.84. The van der Waals surface area contributed by atoms with Gasteiger partial charge in [-0.3, -0.25) is 4.79 Å². The van der Waals surface area contributed by atoms with Crippen LogP contribution in [0.15, 0.2) is 12.7 Å². The molecule has 74 valence electrons. The molecule has 0 spiro atoms. The molecule has 0 bridgehead atoms. The minimum atomic E-state index is -0.178. The van der Waals surface area contributed by atoms with E-state index in [4.69, 9.17) is 4.74 Å². The minimum Gasteiger partial charge on any atom is -0.366 e. The molecule has 1 heterocycles. The largest absolute Gasteiger partial charge is 0.366 e. The highest BCUT2D eigenvalue weighted by Crippen LogP contribution is 2.31. The van der Waals surface area contributed by atoms with Crippen LogP contribution in [-0.2, 0) is 9.53 Å². The number of hydrogen-bond acceptors (Lipinski definition) is 2. The molecule has 0 radical (unpaired) electrons. The SMILES string of the molecule is C=C[C@H](C)[C@@H]1O[C@@H](C(C)=O)C[C@@H]1C. The third kappa shape index (κ3) is 2.19. The van der Waals surface area contributed by atoms with Gasteiger partial charge in [0, 0.05) is 5.92 Å². The summed E-state index contributed by atoms with van der Waals surface area (Å²) in [6.45, 7) is 9.55. The van der Waals surface area contributed by atoms with Crippen LogP contribution >= 0.6 is 0 Å². The van der Waals surface area contributed by atoms with Gasteiger partial charge in [-0.05, 0) is 19.3 Å². The summed E-state index contributed by atoms with van der Waals surface area (Å²) in [7, 11) is 0. The molecule has 0 amide bonds. The molecule has 13 heavy (non-hydrogen) atoms. The fraction of sp³-hybridized carbons (Fsp3) is 0.727. The topological polar surface area (TPSA) is 26.3 Å². The number of hydrogen-bond donors (Lipinski definition) is 0. The zero-order valence-electron chi connectivity index (χ0n) is 8.62. The van der Waals surface area contributed by atoms with Gasteiger partial charge < -0.3 is 4.74 Å². The van der Waals surface area contributed by atoms with E-state index in [9.17, 15) is 4.79 Å². The van der Waals surface area contributed by atoms with Gasteiger partial charge in [-0.25, -0.2) is 0 Å². The van der Waals surface area contributed by atoms with Crippen LogP contribution in [0.25, 0.3) is 0 Å². The van der Waals surface area contributed by atoms with Gasteiger partial charge in [-0.15, -0.1) is 6.58 Å². The molecule has 0 N–H and O–H groups in total. The Labute approximate surface area is 80.0 Å². The van der Waals surface area contributed by atoms with Crippen LogP contribution in [-0.4, -0.2) is 18.0 Å². The Bertz CT molecular complexity index is 210. The summed E-state index contributed by atoms with van der Waals surface area (Å²) in [5.74, 6) is 0.937. The van der Waals surface area contributed by atoms with Gasteiger partial charge >= 0.3 is 0 Å². The van der Waals surface area contributed by atoms with E-state index in [1.807, 2.05) is 6.08 Å². The zero-order valence-corrected chi connectivity index (χ0v) is 8.62. The maximum Gasteiger partial charge on any atom is 0.158 e. The molecule has 4 atom stereocenters. The first-order chi connectivity index (χ1) is 6.06. The molecule has 0 saturated carbocycles. The monoisotopic (exact) mass is 182 g/mol. The first-order valence-corrected chi connectivity index (χ1v) is 4.84. The Hall–Kier alpha value is -0.630. The van der Waals surface area contributed by atoms with Crippen molar-refractivity contribution in [2.45, 2.75) is 39.4 Å². The van der Waals surface area contributed by atoms with Crippen LogP contribution in [0.3, 0.4) is 0 Å². The van der Waals surface area contributed by atoms with E-state index in [1.165, 1.54) is 0 Å². The van der Waals surface area contributed by atoms with Crippen molar-refractivity contribution in [2.75, 3.05) is 0 Å². The maximum absolute atomic E-state index is 11.1. The highest BCUT2D eigenvalue weighted by atomic mass is 16.5. The second-order valence-corrected chi connectivity index (χ2v) is 4.01. The molecule has 0 aromatic carbocycles. The van der Waals surface area contributed by atoms with Gasteiger partial charge in [-0.1, -0.05) is 19.9 Å². The summed E-state index contributed by atoms with van der Waals surface area (Å²) in [5, 5.41) is 0. The van der Waals surface area contributed by atoms with E-state index in [1.54, 1.807) is 6.92 Å². The molecule has 0 unspecified atom stereocenters. The van der Waals surface area contributed by atoms with E-state index in [0.29, 0.717) is 11.8 Å². The number of carbonyl (C=O) groups excluding carboxylic acids is 1. The predicted molar refractivity (Wildman–Crippen MR) is 52.5 cm³/mol. The maximum atomic E-state index is 11.1. The summed E-state index contributed by atoms with van der Waals surface area (Å²) in [6.07, 6.45) is 2.75. The summed E-state index contributed by atoms with van der Waals surface area (Å²) in [6, 6.07) is 0. The van der Waals surface area contributed by atoms with Crippen LogP contribution in [0.1, 0.15) is 27.2 Å². The second-order valence-electron chi connectivity index (χ2n) is 4.01. The standard InChI is InChI=1S/C11H18O2/c1-5-7(2)11-8(3)6-10(13-11)9(4)12/h5,7-8,10-11H,1,6H2,2-4H3/t7-,8-,10+,11-/m0/s1. The molecule has 0 aromatic heterocycles. The van der Waals surface area contributed by atoms with Crippen LogP contribution in [0, 0.1) is 11.8 Å². The van der Waals surface area contributed by atoms with Gasteiger partial charge in [0.1, 0.15) is 6.10 Å². The van der Waals surface area contributed by atoms with E-state index >= 15 is 0 Å². The highest BCUT2D eigenvalue weighted by molar-refractivity contribution is 5.80. The second kappa shape index (κ2) is 4.05. The Kier molecular flexibility index (Phi) is 3.26. The Morgan fingerprint density at radius 3 is 2.69 bits per heavy atom. The van der Waals surface area contributed by atoms with Gasteiger partial charge in [0.05, 0.1) is 6.10 Å². The van der Waals surface area contributed by atoms with Crippen LogP contribution in [0.4, 0.5) is 0 Å². The fourth-order valence-corrected chi connectivity index (χ4v) is 1.89. The van der Waals surface area contributed by atoms with Gasteiger partial charge in [-0.2, -0.15) is 0 Å². The van der Waals surface area contributed by atoms with E-state index in [2.05, 4.69) is 20.4 Å². The molecule has 1 saturated heterocycles. The van der Waals surface area contributed by atoms with Gasteiger partial charge in [0.25, 0.3) is 0 Å². The van der Waals surface area contributed by atoms with Crippen LogP contribution < -0.4 is 0 Å². The molecular weight excluding hydrogens is 164 g/mol. The summed E-state index contributed by atoms with van der Waals surface area (Å²) in [4.78, 5) is 11.1. The molecule has 2 nitrogen and oxygen atoms in total. The Morgan fingerprint density at radius 1 is 1.69 bits per heavy atom. The highest BCUT2D eigenvalue weighted by Gasteiger charge is 2.36. The number of Topliss-reactive ketones (excluding diaryl/α,β-unsaturated/α-hetero) is 1. The van der Waals surface area contributed by atoms with Crippen molar-refractivity contribution in [1.82, 2.24) is 0 Å². The van der Waals surface area contributed by atoms with Crippen molar-refractivity contribution >= 4 is 5.78 Å². The molecule has 1 aliphatic rings. The number of rotatable bonds is 3. The van der Waals surface area contributed by atoms with Gasteiger partial charge in [0.2, 0.25) is 0 Å². The summed E-state index contributed by atoms with van der Waals surface area (Å²) >= 11 is 0. The smallest absolute Gasteiger partial charge is 0.158 e. The van der Waals surface area contributed by atoms with Crippen molar-refractivity contribution in [3.8, 4) is 0 Å². The molecule has 1 aliphatic heterocycles. The quantitative estimate of drug-likeness (QED) is 0.625. The van der Waals surface area contributed by atoms with Crippen molar-refractivity contribution in [3.05, 3.63) is 12.7 Å². The van der Waals surface area contributed by atoms with E-state index in [-0.39, 0.29) is 18.0 Å². The normalized spacial score (nSPS) is 35.8. The van der Waals surface area contributed by atoms with Gasteiger partial charge in [0.15, 0.2) is 5.78 Å². The molecule has 0 aromatic rings. The third-order valence-electron chi connectivity index (χ3n) is 2.81. The summed E-state index contributed by atoms with van der Waals surface area (Å²) in [5.41, 5.74) is 0. The lowest BCUT2D eigenvalue weighted by Gasteiger charge is -2.19. The number of ether oxygens (including phenoxy) is 1. The lowest BCUT2D eigenvalue weighted by molar-refractivity contribution is -0.128. The minimum absolute atomic E-state index is 0.144. The van der Waals surface area contributed by atoms with Crippen LogP contribution in [0.2, 0.25) is 0 Å². The molecule has 1 rings (SSSR count). The third-order valence-corrected chi connectivity index (χ3v) is 2.81. The fourth-order valence-electron chi connectivity index (χ4n) is 1.89. The molecule has 0 aliphatic carbocycles. The molecular formula is C11H18O2. The molecule has 2 heteroatoms.